The third kappa shape index (κ3) is 3.65. The number of hydrogen-bond acceptors (Lipinski definition) is 3. The maximum absolute atomic E-state index is 4.40. The summed E-state index contributed by atoms with van der Waals surface area (Å²) in [5, 5.41) is 12.4. The maximum Gasteiger partial charge on any atom is 0.191 e. The van der Waals surface area contributed by atoms with Crippen LogP contribution >= 0.6 is 11.8 Å². The molecule has 0 fully saturated rings. The van der Waals surface area contributed by atoms with Gasteiger partial charge in [-0.1, -0.05) is 84.6 Å². The Morgan fingerprint density at radius 1 is 0.808 bits per heavy atom. The first-order valence-corrected chi connectivity index (χ1v) is 9.81. The summed E-state index contributed by atoms with van der Waals surface area (Å²) in [6, 6.07) is 25.5. The lowest BCUT2D eigenvalue weighted by Crippen LogP contribution is -2.01. The van der Waals surface area contributed by atoms with Gasteiger partial charge in [-0.2, -0.15) is 0 Å². The van der Waals surface area contributed by atoms with E-state index in [0.717, 1.165) is 29.6 Å². The Hall–Kier alpha value is -2.59. The first-order chi connectivity index (χ1) is 12.8. The third-order valence-corrected chi connectivity index (χ3v) is 5.71. The maximum atomic E-state index is 4.40. The van der Waals surface area contributed by atoms with Crippen LogP contribution in [0.4, 0.5) is 0 Å². The molecule has 0 aliphatic rings. The van der Waals surface area contributed by atoms with Crippen LogP contribution in [0.5, 0.6) is 0 Å². The lowest BCUT2D eigenvalue weighted by atomic mass is 10.1. The zero-order valence-corrected chi connectivity index (χ0v) is 15.6. The highest BCUT2D eigenvalue weighted by Crippen LogP contribution is 2.26. The molecule has 0 atom stereocenters. The molecule has 0 radical (unpaired) electrons. The summed E-state index contributed by atoms with van der Waals surface area (Å²) in [6.45, 7) is 0. The van der Waals surface area contributed by atoms with Gasteiger partial charge < -0.3 is 4.57 Å². The zero-order chi connectivity index (χ0) is 17.8. The normalized spacial score (nSPS) is 11.1. The molecular formula is C22H21N3S. The third-order valence-electron chi connectivity index (χ3n) is 4.64. The zero-order valence-electron chi connectivity index (χ0n) is 14.8. The number of aryl methyl sites for hydroxylation is 2. The van der Waals surface area contributed by atoms with E-state index < -0.39 is 0 Å². The first kappa shape index (κ1) is 16.9. The molecule has 26 heavy (non-hydrogen) atoms. The molecule has 1 aromatic heterocycles. The Bertz CT molecular complexity index is 1000. The average molecular weight is 359 g/mol. The molecule has 1 heterocycles. The molecule has 0 saturated carbocycles. The summed E-state index contributed by atoms with van der Waals surface area (Å²) < 4.78 is 2.12. The van der Waals surface area contributed by atoms with Crippen LogP contribution in [0.15, 0.2) is 78.0 Å². The van der Waals surface area contributed by atoms with E-state index in [1.807, 2.05) is 6.07 Å². The molecule has 130 valence electrons. The SMILES string of the molecule is Cn1c(CCc2ccccc2)nnc1SCc1cccc2ccccc12. The molecule has 4 heteroatoms. The lowest BCUT2D eigenvalue weighted by molar-refractivity contribution is 0.723. The minimum Gasteiger partial charge on any atom is -0.309 e. The second-order valence-electron chi connectivity index (χ2n) is 6.37. The van der Waals surface area contributed by atoms with Gasteiger partial charge in [0, 0.05) is 19.2 Å². The van der Waals surface area contributed by atoms with Crippen LogP contribution in [0, 0.1) is 0 Å². The molecule has 4 aromatic rings. The van der Waals surface area contributed by atoms with Crippen molar-refractivity contribution in [3.8, 4) is 0 Å². The van der Waals surface area contributed by atoms with Crippen molar-refractivity contribution in [2.45, 2.75) is 23.8 Å². The van der Waals surface area contributed by atoms with Crippen molar-refractivity contribution < 1.29 is 0 Å². The largest absolute Gasteiger partial charge is 0.309 e. The lowest BCUT2D eigenvalue weighted by Gasteiger charge is -2.07. The molecule has 0 aliphatic carbocycles. The van der Waals surface area contributed by atoms with E-state index in [2.05, 4.69) is 88.5 Å². The highest BCUT2D eigenvalue weighted by Gasteiger charge is 2.10. The van der Waals surface area contributed by atoms with Crippen LogP contribution in [-0.2, 0) is 25.6 Å². The molecule has 0 N–H and O–H groups in total. The quantitative estimate of drug-likeness (QED) is 0.452. The van der Waals surface area contributed by atoms with Gasteiger partial charge in [0.25, 0.3) is 0 Å². The van der Waals surface area contributed by atoms with Gasteiger partial charge in [0.05, 0.1) is 0 Å². The highest BCUT2D eigenvalue weighted by molar-refractivity contribution is 7.98. The number of thioether (sulfide) groups is 1. The fourth-order valence-electron chi connectivity index (χ4n) is 3.15. The van der Waals surface area contributed by atoms with Crippen LogP contribution < -0.4 is 0 Å². The Labute approximate surface area is 158 Å². The van der Waals surface area contributed by atoms with E-state index in [4.69, 9.17) is 0 Å². The minimum absolute atomic E-state index is 0.895. The summed E-state index contributed by atoms with van der Waals surface area (Å²) in [5.74, 6) is 1.93. The van der Waals surface area contributed by atoms with Gasteiger partial charge in [-0.3, -0.25) is 0 Å². The molecular weight excluding hydrogens is 338 g/mol. The van der Waals surface area contributed by atoms with Crippen molar-refractivity contribution in [2.24, 2.45) is 7.05 Å². The predicted octanol–water partition coefficient (Wildman–Crippen LogP) is 5.05. The molecule has 3 aromatic carbocycles. The van der Waals surface area contributed by atoms with Crippen LogP contribution in [-0.4, -0.2) is 14.8 Å². The molecule has 0 bridgehead atoms. The highest BCUT2D eigenvalue weighted by atomic mass is 32.2. The Morgan fingerprint density at radius 2 is 1.58 bits per heavy atom. The van der Waals surface area contributed by atoms with Crippen molar-refractivity contribution in [3.63, 3.8) is 0 Å². The van der Waals surface area contributed by atoms with E-state index in [0.29, 0.717) is 0 Å². The van der Waals surface area contributed by atoms with Crippen LogP contribution in [0.25, 0.3) is 10.8 Å². The van der Waals surface area contributed by atoms with Crippen LogP contribution in [0.1, 0.15) is 17.0 Å². The number of fused-ring (bicyclic) bond motifs is 1. The van der Waals surface area contributed by atoms with Crippen molar-refractivity contribution in [1.82, 2.24) is 14.8 Å². The van der Waals surface area contributed by atoms with Crippen molar-refractivity contribution in [1.29, 1.82) is 0 Å². The topological polar surface area (TPSA) is 30.7 Å². The standard InChI is InChI=1S/C22H21N3S/c1-25-21(15-14-17-8-3-2-4-9-17)23-24-22(25)26-16-19-12-7-11-18-10-5-6-13-20(18)19/h2-13H,14-16H2,1H3. The number of aromatic nitrogens is 3. The van der Waals surface area contributed by atoms with Crippen molar-refractivity contribution in [3.05, 3.63) is 89.7 Å². The molecule has 0 amide bonds. The van der Waals surface area contributed by atoms with E-state index >= 15 is 0 Å². The second-order valence-corrected chi connectivity index (χ2v) is 7.31. The van der Waals surface area contributed by atoms with Gasteiger partial charge in [-0.15, -0.1) is 10.2 Å². The van der Waals surface area contributed by atoms with Gasteiger partial charge in [0.15, 0.2) is 5.16 Å². The number of nitrogens with zero attached hydrogens (tertiary/aromatic N) is 3. The van der Waals surface area contributed by atoms with E-state index in [1.54, 1.807) is 11.8 Å². The van der Waals surface area contributed by atoms with E-state index in [-0.39, 0.29) is 0 Å². The number of rotatable bonds is 6. The van der Waals surface area contributed by atoms with Gasteiger partial charge in [0.1, 0.15) is 5.82 Å². The second kappa shape index (κ2) is 7.75. The minimum atomic E-state index is 0.895. The van der Waals surface area contributed by atoms with Crippen LogP contribution in [0.2, 0.25) is 0 Å². The monoisotopic (exact) mass is 359 g/mol. The van der Waals surface area contributed by atoms with Gasteiger partial charge >= 0.3 is 0 Å². The first-order valence-electron chi connectivity index (χ1n) is 8.83. The Balaban J connectivity index is 1.45. The summed E-state index contributed by atoms with van der Waals surface area (Å²) in [7, 11) is 2.06. The van der Waals surface area contributed by atoms with Gasteiger partial charge in [-0.25, -0.2) is 0 Å². The molecule has 0 unspecified atom stereocenters. The summed E-state index contributed by atoms with van der Waals surface area (Å²) in [6.07, 6.45) is 1.89. The summed E-state index contributed by atoms with van der Waals surface area (Å²) in [4.78, 5) is 0. The van der Waals surface area contributed by atoms with Crippen molar-refractivity contribution in [2.75, 3.05) is 0 Å². The molecule has 0 spiro atoms. The molecule has 0 aliphatic heterocycles. The smallest absolute Gasteiger partial charge is 0.191 e. The average Bonchev–Trinajstić information content (AvgIpc) is 3.05. The molecule has 0 saturated heterocycles. The fraction of sp³-hybridized carbons (Fsp3) is 0.182. The fourth-order valence-corrected chi connectivity index (χ4v) is 4.08. The number of hydrogen-bond donors (Lipinski definition) is 0. The van der Waals surface area contributed by atoms with Gasteiger partial charge in [-0.05, 0) is 28.3 Å². The van der Waals surface area contributed by atoms with Gasteiger partial charge in [0.2, 0.25) is 0 Å². The van der Waals surface area contributed by atoms with E-state index in [1.165, 1.54) is 21.9 Å². The molecule has 4 rings (SSSR count). The molecule has 3 nitrogen and oxygen atoms in total. The Morgan fingerprint density at radius 3 is 2.46 bits per heavy atom. The number of benzene rings is 3. The summed E-state index contributed by atoms with van der Waals surface area (Å²) in [5.41, 5.74) is 2.67. The van der Waals surface area contributed by atoms with Crippen molar-refractivity contribution >= 4 is 22.5 Å². The Kier molecular flexibility index (Phi) is 5.02. The van der Waals surface area contributed by atoms with Crippen LogP contribution in [0.3, 0.4) is 0 Å². The summed E-state index contributed by atoms with van der Waals surface area (Å²) >= 11 is 1.75. The van der Waals surface area contributed by atoms with E-state index in [9.17, 15) is 0 Å². The predicted molar refractivity (Wildman–Crippen MR) is 108 cm³/mol.